The molecule has 0 spiro atoms. The molecule has 5 aliphatic carbocycles. The summed E-state index contributed by atoms with van der Waals surface area (Å²) in [5.74, 6) is 1.11. The van der Waals surface area contributed by atoms with E-state index in [0.29, 0.717) is 11.8 Å². The van der Waals surface area contributed by atoms with E-state index in [4.69, 9.17) is 8.92 Å². The van der Waals surface area contributed by atoms with Gasteiger partial charge in [0, 0.05) is 0 Å². The summed E-state index contributed by atoms with van der Waals surface area (Å²) in [6, 6.07) is 6.99. The number of rotatable bonds is 4. The summed E-state index contributed by atoms with van der Waals surface area (Å²) >= 11 is 0. The summed E-state index contributed by atoms with van der Waals surface area (Å²) in [7, 11) is -2.28. The second kappa shape index (κ2) is 10.2. The van der Waals surface area contributed by atoms with Gasteiger partial charge in [0.2, 0.25) is 0 Å². The number of carbonyl (C=O) groups is 1. The first kappa shape index (κ1) is 32.3. The second-order valence-corrected chi connectivity index (χ2v) is 19.1. The highest BCUT2D eigenvalue weighted by atomic mass is 32.2. The van der Waals surface area contributed by atoms with Crippen LogP contribution in [0.2, 0.25) is 0 Å². The zero-order chi connectivity index (χ0) is 32.1. The lowest BCUT2D eigenvalue weighted by Gasteiger charge is -2.71. The fraction of sp³-hybridized carbons (Fsp3) is 0.763. The van der Waals surface area contributed by atoms with E-state index < -0.39 is 10.1 Å². The van der Waals surface area contributed by atoms with Gasteiger partial charge in [-0.25, -0.2) is 0 Å². The third-order valence-electron chi connectivity index (χ3n) is 14.7. The predicted octanol–water partition coefficient (Wildman–Crippen LogP) is 9.04. The Kier molecular flexibility index (Phi) is 7.46. The summed E-state index contributed by atoms with van der Waals surface area (Å²) in [5.41, 5.74) is 2.35. The molecular formula is C38H56O5S. The van der Waals surface area contributed by atoms with Crippen LogP contribution < -0.4 is 0 Å². The second-order valence-electron chi connectivity index (χ2n) is 17.6. The molecule has 6 heteroatoms. The van der Waals surface area contributed by atoms with E-state index in [0.717, 1.165) is 69.8 Å². The highest BCUT2D eigenvalue weighted by Crippen LogP contribution is 2.76. The van der Waals surface area contributed by atoms with Gasteiger partial charge in [-0.15, -0.1) is 0 Å². The zero-order valence-corrected chi connectivity index (χ0v) is 29.5. The summed E-state index contributed by atoms with van der Waals surface area (Å²) in [6.07, 6.45) is 12.2. The largest absolute Gasteiger partial charge is 0.469 e. The normalized spacial score (nSPS) is 42.5. The van der Waals surface area contributed by atoms with Gasteiger partial charge in [-0.2, -0.15) is 8.42 Å². The highest BCUT2D eigenvalue weighted by molar-refractivity contribution is 7.86. The van der Waals surface area contributed by atoms with E-state index in [1.165, 1.54) is 0 Å². The molecule has 0 unspecified atom stereocenters. The van der Waals surface area contributed by atoms with Gasteiger partial charge < -0.3 is 4.74 Å². The molecule has 0 N–H and O–H groups in total. The molecule has 0 saturated heterocycles. The molecule has 4 fully saturated rings. The number of carbonyl (C=O) groups excluding carboxylic acids is 1. The first-order chi connectivity index (χ1) is 20.4. The van der Waals surface area contributed by atoms with Crippen molar-refractivity contribution in [2.75, 3.05) is 7.11 Å². The van der Waals surface area contributed by atoms with Crippen molar-refractivity contribution in [2.45, 2.75) is 131 Å². The van der Waals surface area contributed by atoms with E-state index in [1.807, 2.05) is 19.1 Å². The minimum atomic E-state index is -3.85. The maximum Gasteiger partial charge on any atom is 0.312 e. The number of hydrogen-bond donors (Lipinski definition) is 0. The Hall–Kier alpha value is -1.66. The Morgan fingerprint density at radius 2 is 1.50 bits per heavy atom. The van der Waals surface area contributed by atoms with Crippen LogP contribution in [0.3, 0.4) is 0 Å². The van der Waals surface area contributed by atoms with Crippen LogP contribution in [0, 0.1) is 57.2 Å². The molecule has 0 bridgehead atoms. The molecule has 244 valence electrons. The summed E-state index contributed by atoms with van der Waals surface area (Å²) in [4.78, 5) is 13.8. The summed E-state index contributed by atoms with van der Waals surface area (Å²) in [5, 5.41) is 0. The number of esters is 1. The van der Waals surface area contributed by atoms with E-state index in [2.05, 4.69) is 54.5 Å². The standard InChI is InChI=1S/C38H56O5S/c1-25-10-12-26(13-11-25)44(40,41)43-31-17-18-35(6)29(34(31,4)5)16-19-37(8)30(35)15-14-27-28-24-33(2,3)20-22-38(28,32(39)42-9)23-21-36(27,37)7/h10-14,28-31H,15-24H2,1-9H3/t28-,29-,30+,31-,35-,36+,37+,38-/m0/s1. The van der Waals surface area contributed by atoms with E-state index in [-0.39, 0.29) is 55.4 Å². The average molecular weight is 625 g/mol. The quantitative estimate of drug-likeness (QED) is 0.190. The molecule has 5 nitrogen and oxygen atoms in total. The van der Waals surface area contributed by atoms with Crippen molar-refractivity contribution >= 4 is 16.1 Å². The Balaban J connectivity index is 1.33. The molecule has 8 atom stereocenters. The van der Waals surface area contributed by atoms with Crippen molar-refractivity contribution < 1.29 is 22.1 Å². The fourth-order valence-electron chi connectivity index (χ4n) is 11.9. The molecule has 0 aromatic heterocycles. The lowest BCUT2D eigenvalue weighted by Crippen LogP contribution is -2.65. The summed E-state index contributed by atoms with van der Waals surface area (Å²) < 4.78 is 38.5. The van der Waals surface area contributed by atoms with Crippen LogP contribution in [0.25, 0.3) is 0 Å². The van der Waals surface area contributed by atoms with E-state index in [1.54, 1.807) is 24.8 Å². The molecular weight excluding hydrogens is 568 g/mol. The molecule has 0 heterocycles. The molecule has 1 aromatic carbocycles. The van der Waals surface area contributed by atoms with Gasteiger partial charge in [0.05, 0.1) is 23.5 Å². The summed E-state index contributed by atoms with van der Waals surface area (Å²) in [6.45, 7) is 18.8. The van der Waals surface area contributed by atoms with Crippen LogP contribution >= 0.6 is 0 Å². The first-order valence-electron chi connectivity index (χ1n) is 17.2. The number of benzene rings is 1. The van der Waals surface area contributed by atoms with Crippen LogP contribution in [0.15, 0.2) is 40.8 Å². The fourth-order valence-corrected chi connectivity index (χ4v) is 13.1. The van der Waals surface area contributed by atoms with Crippen molar-refractivity contribution in [2.24, 2.45) is 50.2 Å². The number of hydrogen-bond acceptors (Lipinski definition) is 5. The Morgan fingerprint density at radius 1 is 0.841 bits per heavy atom. The van der Waals surface area contributed by atoms with Gasteiger partial charge in [0.25, 0.3) is 10.1 Å². The maximum atomic E-state index is 13.5. The average Bonchev–Trinajstić information content (AvgIpc) is 2.94. The lowest BCUT2D eigenvalue weighted by molar-refractivity contribution is -0.202. The monoisotopic (exact) mass is 624 g/mol. The van der Waals surface area contributed by atoms with Crippen molar-refractivity contribution in [1.82, 2.24) is 0 Å². The van der Waals surface area contributed by atoms with Crippen LogP contribution in [-0.4, -0.2) is 27.6 Å². The van der Waals surface area contributed by atoms with E-state index in [9.17, 15) is 13.2 Å². The lowest BCUT2D eigenvalue weighted by atomic mass is 9.33. The van der Waals surface area contributed by atoms with Crippen LogP contribution in [0.4, 0.5) is 0 Å². The molecule has 1 aromatic rings. The molecule has 4 saturated carbocycles. The van der Waals surface area contributed by atoms with Gasteiger partial charge in [-0.3, -0.25) is 8.98 Å². The van der Waals surface area contributed by atoms with Gasteiger partial charge >= 0.3 is 5.97 Å². The number of ether oxygens (including phenoxy) is 1. The van der Waals surface area contributed by atoms with Crippen molar-refractivity contribution in [3.8, 4) is 0 Å². The van der Waals surface area contributed by atoms with E-state index >= 15 is 0 Å². The zero-order valence-electron chi connectivity index (χ0n) is 28.7. The third-order valence-corrected chi connectivity index (χ3v) is 16.1. The Morgan fingerprint density at radius 3 is 2.16 bits per heavy atom. The molecule has 0 radical (unpaired) electrons. The SMILES string of the molecule is COC(=O)[C@]12CCC(C)(C)C[C@H]1C1=CC[C@@H]3[C@@]4(C)CC[C@H](OS(=O)(=O)c5ccc(C)cc5)C(C)(C)[C@@H]4CC[C@@]3(C)[C@]1(C)CC2. The van der Waals surface area contributed by atoms with Crippen molar-refractivity contribution in [1.29, 1.82) is 0 Å². The number of methoxy groups -OCH3 is 1. The molecule has 0 amide bonds. The minimum absolute atomic E-state index is 0.00422. The van der Waals surface area contributed by atoms with Gasteiger partial charge in [0.15, 0.2) is 0 Å². The topological polar surface area (TPSA) is 69.7 Å². The number of allylic oxidation sites excluding steroid dienone is 2. The van der Waals surface area contributed by atoms with Crippen molar-refractivity contribution in [3.63, 3.8) is 0 Å². The molecule has 5 aliphatic rings. The molecule has 44 heavy (non-hydrogen) atoms. The Bertz CT molecular complexity index is 1460. The molecule has 6 rings (SSSR count). The predicted molar refractivity (Wildman–Crippen MR) is 174 cm³/mol. The maximum absolute atomic E-state index is 13.5. The van der Waals surface area contributed by atoms with Crippen LogP contribution in [0.1, 0.15) is 118 Å². The van der Waals surface area contributed by atoms with Gasteiger partial charge in [0.1, 0.15) is 0 Å². The highest BCUT2D eigenvalue weighted by Gasteiger charge is 2.69. The minimum Gasteiger partial charge on any atom is -0.469 e. The first-order valence-corrected chi connectivity index (χ1v) is 18.6. The van der Waals surface area contributed by atoms with Crippen LogP contribution in [-0.2, 0) is 23.8 Å². The Labute approximate surface area is 267 Å². The number of aryl methyl sites for hydroxylation is 1. The number of fused-ring (bicyclic) bond motifs is 7. The van der Waals surface area contributed by atoms with Crippen molar-refractivity contribution in [3.05, 3.63) is 41.5 Å². The van der Waals surface area contributed by atoms with Gasteiger partial charge in [-0.1, -0.05) is 77.8 Å². The smallest absolute Gasteiger partial charge is 0.312 e. The molecule has 0 aliphatic heterocycles. The third kappa shape index (κ3) is 4.46. The van der Waals surface area contributed by atoms with Crippen LogP contribution in [0.5, 0.6) is 0 Å². The van der Waals surface area contributed by atoms with Gasteiger partial charge in [-0.05, 0) is 128 Å².